The molecule has 2 aromatic carbocycles. The largest absolute Gasteiger partial charge is 0.490 e. The van der Waals surface area contributed by atoms with Gasteiger partial charge in [-0.15, -0.1) is 0 Å². The number of amides is 4. The number of nitrogens with zero attached hydrogens (tertiary/aromatic N) is 2. The highest BCUT2D eigenvalue weighted by Crippen LogP contribution is 2.36. The predicted molar refractivity (Wildman–Crippen MR) is 143 cm³/mol. The first-order valence-corrected chi connectivity index (χ1v) is 13.3. The molecule has 2 fully saturated rings. The van der Waals surface area contributed by atoms with E-state index in [1.54, 1.807) is 47.4 Å². The summed E-state index contributed by atoms with van der Waals surface area (Å²) in [7, 11) is 0. The van der Waals surface area contributed by atoms with Crippen molar-refractivity contribution in [3.63, 3.8) is 0 Å². The van der Waals surface area contributed by atoms with Gasteiger partial charge in [0.15, 0.2) is 29.6 Å². The van der Waals surface area contributed by atoms with Crippen LogP contribution in [-0.4, -0.2) is 72.4 Å². The molecule has 2 saturated heterocycles. The highest BCUT2D eigenvalue weighted by molar-refractivity contribution is 8.18. The summed E-state index contributed by atoms with van der Waals surface area (Å²) in [6.07, 6.45) is 3.56. The Morgan fingerprint density at radius 3 is 2.62 bits per heavy atom. The number of carbonyl (C=O) groups is 4. The van der Waals surface area contributed by atoms with Gasteiger partial charge in [-0.1, -0.05) is 6.07 Å². The van der Waals surface area contributed by atoms with E-state index in [-0.39, 0.29) is 24.2 Å². The summed E-state index contributed by atoms with van der Waals surface area (Å²) in [5.41, 5.74) is 1.06. The van der Waals surface area contributed by atoms with Gasteiger partial charge in [-0.25, -0.2) is 0 Å². The van der Waals surface area contributed by atoms with Crippen LogP contribution >= 0.6 is 11.8 Å². The molecule has 0 unspecified atom stereocenters. The maximum atomic E-state index is 12.9. The molecular formula is C27H27N3O8S. The number of rotatable bonds is 9. The third-order valence-corrected chi connectivity index (χ3v) is 7.11. The topological polar surface area (TPSA) is 124 Å². The summed E-state index contributed by atoms with van der Waals surface area (Å²) >= 11 is 0.753. The molecule has 39 heavy (non-hydrogen) atoms. The fourth-order valence-electron chi connectivity index (χ4n) is 4.31. The zero-order chi connectivity index (χ0) is 27.4. The van der Waals surface area contributed by atoms with Crippen LogP contribution < -0.4 is 24.3 Å². The minimum Gasteiger partial charge on any atom is -0.490 e. The van der Waals surface area contributed by atoms with Crippen LogP contribution in [0, 0.1) is 0 Å². The van der Waals surface area contributed by atoms with Crippen LogP contribution in [-0.2, 0) is 14.4 Å². The molecule has 3 heterocycles. The maximum Gasteiger partial charge on any atom is 0.294 e. The first-order chi connectivity index (χ1) is 18.9. The number of thioether (sulfide) groups is 1. The Balaban J connectivity index is 1.22. The van der Waals surface area contributed by atoms with Crippen LogP contribution in [0.25, 0.3) is 6.08 Å². The van der Waals surface area contributed by atoms with Gasteiger partial charge >= 0.3 is 0 Å². The molecule has 0 bridgehead atoms. The van der Waals surface area contributed by atoms with Gasteiger partial charge in [0.2, 0.25) is 12.7 Å². The Labute approximate surface area is 229 Å². The van der Waals surface area contributed by atoms with Crippen LogP contribution in [0.15, 0.2) is 41.3 Å². The van der Waals surface area contributed by atoms with Crippen molar-refractivity contribution in [3.05, 3.63) is 46.9 Å². The SMILES string of the molecule is CCOc1cc(/C=C2\SC(=O)N(CC(=O)Nc3ccc4c(c3)OCO4)C2=O)ccc1OCC(=O)N1CCCC1. The molecule has 2 aromatic rings. The molecule has 0 radical (unpaired) electrons. The number of likely N-dealkylation sites (tertiary alicyclic amines) is 1. The average Bonchev–Trinajstić information content (AvgIpc) is 3.67. The molecule has 204 valence electrons. The molecule has 3 aliphatic rings. The summed E-state index contributed by atoms with van der Waals surface area (Å²) < 4.78 is 22.0. The van der Waals surface area contributed by atoms with E-state index in [0.717, 1.165) is 42.6 Å². The minimum atomic E-state index is -0.569. The quantitative estimate of drug-likeness (QED) is 0.465. The van der Waals surface area contributed by atoms with Gasteiger partial charge < -0.3 is 29.2 Å². The van der Waals surface area contributed by atoms with Gasteiger partial charge in [0.05, 0.1) is 11.5 Å². The first-order valence-electron chi connectivity index (χ1n) is 12.5. The summed E-state index contributed by atoms with van der Waals surface area (Å²) in [6.45, 7) is 3.27. The lowest BCUT2D eigenvalue weighted by Crippen LogP contribution is -2.36. The Morgan fingerprint density at radius 1 is 1.03 bits per heavy atom. The number of ether oxygens (including phenoxy) is 4. The van der Waals surface area contributed by atoms with E-state index in [1.807, 2.05) is 6.92 Å². The van der Waals surface area contributed by atoms with Crippen molar-refractivity contribution in [1.82, 2.24) is 9.80 Å². The molecule has 1 N–H and O–H groups in total. The van der Waals surface area contributed by atoms with E-state index in [9.17, 15) is 19.2 Å². The van der Waals surface area contributed by atoms with Crippen molar-refractivity contribution >= 4 is 46.5 Å². The van der Waals surface area contributed by atoms with Crippen LogP contribution in [0.1, 0.15) is 25.3 Å². The lowest BCUT2D eigenvalue weighted by atomic mass is 10.2. The summed E-state index contributed by atoms with van der Waals surface area (Å²) in [4.78, 5) is 53.2. The highest BCUT2D eigenvalue weighted by Gasteiger charge is 2.36. The van der Waals surface area contributed by atoms with Gasteiger partial charge in [-0.05, 0) is 67.4 Å². The summed E-state index contributed by atoms with van der Waals surface area (Å²) in [5.74, 6) is 0.740. The van der Waals surface area contributed by atoms with Crippen LogP contribution in [0.2, 0.25) is 0 Å². The molecule has 5 rings (SSSR count). The Kier molecular flexibility index (Phi) is 7.92. The van der Waals surface area contributed by atoms with E-state index >= 15 is 0 Å². The molecule has 0 spiro atoms. The predicted octanol–water partition coefficient (Wildman–Crippen LogP) is 3.49. The van der Waals surface area contributed by atoms with Gasteiger partial charge in [0.1, 0.15) is 6.54 Å². The van der Waals surface area contributed by atoms with Crippen molar-refractivity contribution in [2.75, 3.05) is 45.0 Å². The van der Waals surface area contributed by atoms with Gasteiger partial charge in [-0.3, -0.25) is 24.1 Å². The van der Waals surface area contributed by atoms with Crippen molar-refractivity contribution in [2.24, 2.45) is 0 Å². The fourth-order valence-corrected chi connectivity index (χ4v) is 5.14. The van der Waals surface area contributed by atoms with Crippen LogP contribution in [0.4, 0.5) is 10.5 Å². The number of imide groups is 1. The highest BCUT2D eigenvalue weighted by atomic mass is 32.2. The van der Waals surface area contributed by atoms with Crippen molar-refractivity contribution < 1.29 is 38.1 Å². The molecule has 0 atom stereocenters. The summed E-state index contributed by atoms with van der Waals surface area (Å²) in [6, 6.07) is 9.97. The standard InChI is InChI=1S/C27H27N3O8S/c1-2-35-21-11-17(5-7-19(21)36-15-25(32)29-9-3-4-10-29)12-23-26(33)30(27(34)39-23)14-24(31)28-18-6-8-20-22(13-18)38-16-37-20/h5-8,11-13H,2-4,9-10,14-16H2,1H3,(H,28,31)/b23-12-. The normalized spacial score (nSPS) is 17.2. The molecule has 4 amide bonds. The number of hydrogen-bond donors (Lipinski definition) is 1. The average molecular weight is 554 g/mol. The third-order valence-electron chi connectivity index (χ3n) is 6.21. The van der Waals surface area contributed by atoms with E-state index in [1.165, 1.54) is 0 Å². The second-order valence-electron chi connectivity index (χ2n) is 8.90. The van der Waals surface area contributed by atoms with Gasteiger partial charge in [-0.2, -0.15) is 0 Å². The fraction of sp³-hybridized carbons (Fsp3) is 0.333. The number of nitrogens with one attached hydrogen (secondary N) is 1. The lowest BCUT2D eigenvalue weighted by molar-refractivity contribution is -0.132. The number of anilines is 1. The van der Waals surface area contributed by atoms with Crippen molar-refractivity contribution in [2.45, 2.75) is 19.8 Å². The number of benzene rings is 2. The molecule has 0 saturated carbocycles. The number of carbonyl (C=O) groups excluding carboxylic acids is 4. The molecule has 0 aliphatic carbocycles. The monoisotopic (exact) mass is 553 g/mol. The second kappa shape index (κ2) is 11.7. The maximum absolute atomic E-state index is 12.9. The van der Waals surface area contributed by atoms with Gasteiger partial charge in [0.25, 0.3) is 17.1 Å². The van der Waals surface area contributed by atoms with Crippen LogP contribution in [0.3, 0.4) is 0 Å². The molecule has 3 aliphatic heterocycles. The Bertz CT molecular complexity index is 1340. The molecule has 11 nitrogen and oxygen atoms in total. The smallest absolute Gasteiger partial charge is 0.294 e. The van der Waals surface area contributed by atoms with Crippen LogP contribution in [0.5, 0.6) is 23.0 Å². The van der Waals surface area contributed by atoms with Gasteiger partial charge in [0, 0.05) is 24.8 Å². The van der Waals surface area contributed by atoms with Crippen molar-refractivity contribution in [1.29, 1.82) is 0 Å². The van der Waals surface area contributed by atoms with E-state index in [4.69, 9.17) is 18.9 Å². The molecule has 0 aromatic heterocycles. The minimum absolute atomic E-state index is 0.0738. The van der Waals surface area contributed by atoms with E-state index in [2.05, 4.69) is 5.32 Å². The zero-order valence-electron chi connectivity index (χ0n) is 21.3. The third kappa shape index (κ3) is 6.11. The zero-order valence-corrected chi connectivity index (χ0v) is 22.1. The first kappa shape index (κ1) is 26.4. The second-order valence-corrected chi connectivity index (χ2v) is 9.89. The van der Waals surface area contributed by atoms with Crippen molar-refractivity contribution in [3.8, 4) is 23.0 Å². The number of fused-ring (bicyclic) bond motifs is 1. The van der Waals surface area contributed by atoms with E-state index < -0.39 is 23.6 Å². The molecular weight excluding hydrogens is 526 g/mol. The van der Waals surface area contributed by atoms with E-state index in [0.29, 0.717) is 40.9 Å². The Hall–Kier alpha value is -4.19. The Morgan fingerprint density at radius 2 is 1.82 bits per heavy atom. The molecule has 12 heteroatoms. The summed E-state index contributed by atoms with van der Waals surface area (Å²) in [5, 5.41) is 2.12. The number of hydrogen-bond acceptors (Lipinski definition) is 9. The lowest BCUT2D eigenvalue weighted by Gasteiger charge is -2.17.